The fourth-order valence-corrected chi connectivity index (χ4v) is 4.26. The largest absolute Gasteiger partial charge is 0.490 e. The first-order valence-corrected chi connectivity index (χ1v) is 9.26. The Hall–Kier alpha value is -0.540. The topological polar surface area (TPSA) is 21.3 Å². The van der Waals surface area contributed by atoms with E-state index in [9.17, 15) is 0 Å². The Morgan fingerprint density at radius 2 is 1.95 bits per heavy atom. The lowest BCUT2D eigenvalue weighted by molar-refractivity contribution is 0.0846. The number of benzene rings is 1. The molecule has 1 N–H and O–H groups in total. The summed E-state index contributed by atoms with van der Waals surface area (Å²) in [6.45, 7) is 3.20. The van der Waals surface area contributed by atoms with Crippen molar-refractivity contribution in [3.8, 4) is 5.75 Å². The predicted octanol–water partition coefficient (Wildman–Crippen LogP) is 5.22. The minimum atomic E-state index is 0.390. The molecule has 3 heteroatoms. The summed E-state index contributed by atoms with van der Waals surface area (Å²) in [6.07, 6.45) is 9.76. The average Bonchev–Trinajstić information content (AvgIpc) is 2.77. The van der Waals surface area contributed by atoms with Crippen molar-refractivity contribution >= 4 is 15.9 Å². The Morgan fingerprint density at radius 3 is 2.67 bits per heavy atom. The molecule has 1 aliphatic heterocycles. The van der Waals surface area contributed by atoms with E-state index in [1.807, 2.05) is 0 Å². The van der Waals surface area contributed by atoms with E-state index >= 15 is 0 Å². The molecule has 0 spiro atoms. The van der Waals surface area contributed by atoms with Gasteiger partial charge in [-0.25, -0.2) is 0 Å². The standard InChI is InChI=1S/C18H26BrNO/c1-2-20-16-12-18(13-7-5-3-4-6-8-13)21-17-10-9-14(19)11-15(16)17/h9-11,13,16,18,20H,2-8,12H2,1H3. The van der Waals surface area contributed by atoms with Gasteiger partial charge in [-0.05, 0) is 43.5 Å². The number of nitrogens with one attached hydrogen (secondary N) is 1. The number of halogens is 1. The Kier molecular flexibility index (Phi) is 5.23. The summed E-state index contributed by atoms with van der Waals surface area (Å²) in [4.78, 5) is 0. The smallest absolute Gasteiger partial charge is 0.124 e. The molecule has 2 atom stereocenters. The lowest BCUT2D eigenvalue weighted by atomic mass is 9.86. The minimum absolute atomic E-state index is 0.390. The first-order valence-electron chi connectivity index (χ1n) is 8.47. The molecule has 0 bridgehead atoms. The lowest BCUT2D eigenvalue weighted by Gasteiger charge is -2.36. The third kappa shape index (κ3) is 3.62. The van der Waals surface area contributed by atoms with E-state index in [1.165, 1.54) is 44.1 Å². The highest BCUT2D eigenvalue weighted by atomic mass is 79.9. The van der Waals surface area contributed by atoms with E-state index in [0.29, 0.717) is 12.1 Å². The van der Waals surface area contributed by atoms with Gasteiger partial charge in [0.25, 0.3) is 0 Å². The van der Waals surface area contributed by atoms with Crippen LogP contribution in [0.5, 0.6) is 5.75 Å². The van der Waals surface area contributed by atoms with Crippen LogP contribution >= 0.6 is 15.9 Å². The first kappa shape index (κ1) is 15.4. The fraction of sp³-hybridized carbons (Fsp3) is 0.667. The summed E-state index contributed by atoms with van der Waals surface area (Å²) in [5.41, 5.74) is 1.32. The second-order valence-corrected chi connectivity index (χ2v) is 7.35. The maximum Gasteiger partial charge on any atom is 0.124 e. The predicted molar refractivity (Wildman–Crippen MR) is 90.8 cm³/mol. The van der Waals surface area contributed by atoms with Crippen LogP contribution in [-0.4, -0.2) is 12.6 Å². The molecule has 1 aliphatic carbocycles. The molecule has 1 heterocycles. The van der Waals surface area contributed by atoms with Crippen molar-refractivity contribution in [2.24, 2.45) is 5.92 Å². The number of hydrogen-bond acceptors (Lipinski definition) is 2. The fourth-order valence-electron chi connectivity index (χ4n) is 3.88. The molecular weight excluding hydrogens is 326 g/mol. The average molecular weight is 352 g/mol. The molecule has 1 saturated carbocycles. The van der Waals surface area contributed by atoms with Gasteiger partial charge in [-0.2, -0.15) is 0 Å². The van der Waals surface area contributed by atoms with Crippen molar-refractivity contribution in [2.75, 3.05) is 6.54 Å². The molecule has 0 radical (unpaired) electrons. The van der Waals surface area contributed by atoms with E-state index in [2.05, 4.69) is 46.4 Å². The van der Waals surface area contributed by atoms with Gasteiger partial charge in [-0.15, -0.1) is 0 Å². The highest BCUT2D eigenvalue weighted by Gasteiger charge is 2.33. The quantitative estimate of drug-likeness (QED) is 0.753. The van der Waals surface area contributed by atoms with Crippen LogP contribution < -0.4 is 10.1 Å². The highest BCUT2D eigenvalue weighted by molar-refractivity contribution is 9.10. The monoisotopic (exact) mass is 351 g/mol. The number of ether oxygens (including phenoxy) is 1. The van der Waals surface area contributed by atoms with Crippen LogP contribution in [0.15, 0.2) is 22.7 Å². The highest BCUT2D eigenvalue weighted by Crippen LogP contribution is 2.41. The Balaban J connectivity index is 1.81. The zero-order chi connectivity index (χ0) is 14.7. The third-order valence-corrected chi connectivity index (χ3v) is 5.46. The third-order valence-electron chi connectivity index (χ3n) is 4.97. The number of fused-ring (bicyclic) bond motifs is 1. The summed E-state index contributed by atoms with van der Waals surface area (Å²) in [7, 11) is 0. The summed E-state index contributed by atoms with van der Waals surface area (Å²) in [5.74, 6) is 1.83. The second kappa shape index (κ2) is 7.15. The molecule has 2 nitrogen and oxygen atoms in total. The molecule has 0 amide bonds. The molecule has 1 fully saturated rings. The summed E-state index contributed by atoms with van der Waals surface area (Å²) < 4.78 is 7.54. The molecule has 2 aliphatic rings. The minimum Gasteiger partial charge on any atom is -0.490 e. The summed E-state index contributed by atoms with van der Waals surface area (Å²) in [6, 6.07) is 6.88. The molecule has 0 aromatic heterocycles. The maximum atomic E-state index is 6.40. The lowest BCUT2D eigenvalue weighted by Crippen LogP contribution is -2.37. The van der Waals surface area contributed by atoms with Gasteiger partial charge in [0.2, 0.25) is 0 Å². The second-order valence-electron chi connectivity index (χ2n) is 6.44. The molecule has 1 aromatic carbocycles. The molecule has 0 saturated heterocycles. The van der Waals surface area contributed by atoms with Crippen molar-refractivity contribution in [3.05, 3.63) is 28.2 Å². The van der Waals surface area contributed by atoms with Crippen LogP contribution in [-0.2, 0) is 0 Å². The van der Waals surface area contributed by atoms with Gasteiger partial charge in [0.05, 0.1) is 0 Å². The van der Waals surface area contributed by atoms with Crippen molar-refractivity contribution in [1.82, 2.24) is 5.32 Å². The van der Waals surface area contributed by atoms with E-state index in [1.54, 1.807) is 0 Å². The van der Waals surface area contributed by atoms with Crippen LogP contribution in [0.3, 0.4) is 0 Å². The van der Waals surface area contributed by atoms with Gasteiger partial charge in [-0.3, -0.25) is 0 Å². The van der Waals surface area contributed by atoms with Crippen molar-refractivity contribution in [2.45, 2.75) is 64.0 Å². The van der Waals surface area contributed by atoms with E-state index in [-0.39, 0.29) is 0 Å². The van der Waals surface area contributed by atoms with Crippen molar-refractivity contribution in [1.29, 1.82) is 0 Å². The Bertz CT molecular complexity index is 468. The Morgan fingerprint density at radius 1 is 1.19 bits per heavy atom. The van der Waals surface area contributed by atoms with E-state index in [0.717, 1.165) is 29.1 Å². The van der Waals surface area contributed by atoms with Crippen LogP contribution in [0.25, 0.3) is 0 Å². The van der Waals surface area contributed by atoms with Gasteiger partial charge in [0, 0.05) is 22.5 Å². The van der Waals surface area contributed by atoms with Gasteiger partial charge in [-0.1, -0.05) is 48.5 Å². The summed E-state index contributed by atoms with van der Waals surface area (Å²) in [5, 5.41) is 3.65. The molecule has 3 rings (SSSR count). The van der Waals surface area contributed by atoms with Gasteiger partial charge in [0.1, 0.15) is 11.9 Å². The molecular formula is C18H26BrNO. The molecule has 2 unspecified atom stereocenters. The van der Waals surface area contributed by atoms with Gasteiger partial charge < -0.3 is 10.1 Å². The van der Waals surface area contributed by atoms with Gasteiger partial charge in [0.15, 0.2) is 0 Å². The van der Waals surface area contributed by atoms with E-state index in [4.69, 9.17) is 4.74 Å². The van der Waals surface area contributed by atoms with Gasteiger partial charge >= 0.3 is 0 Å². The van der Waals surface area contributed by atoms with Crippen LogP contribution in [0, 0.1) is 5.92 Å². The number of rotatable bonds is 3. The zero-order valence-electron chi connectivity index (χ0n) is 12.9. The Labute approximate surface area is 136 Å². The van der Waals surface area contributed by atoms with Crippen molar-refractivity contribution < 1.29 is 4.74 Å². The SMILES string of the molecule is CCNC1CC(C2CCCCCC2)Oc2ccc(Br)cc21. The van der Waals surface area contributed by atoms with Crippen LogP contribution in [0.2, 0.25) is 0 Å². The van der Waals surface area contributed by atoms with Crippen LogP contribution in [0.4, 0.5) is 0 Å². The molecule has 116 valence electrons. The van der Waals surface area contributed by atoms with Crippen molar-refractivity contribution in [3.63, 3.8) is 0 Å². The normalized spacial score (nSPS) is 26.8. The first-order chi connectivity index (χ1) is 10.3. The molecule has 1 aromatic rings. The molecule has 21 heavy (non-hydrogen) atoms. The maximum absolute atomic E-state index is 6.40. The van der Waals surface area contributed by atoms with Crippen LogP contribution in [0.1, 0.15) is 63.5 Å². The van der Waals surface area contributed by atoms with E-state index < -0.39 is 0 Å². The summed E-state index contributed by atoms with van der Waals surface area (Å²) >= 11 is 3.59. The zero-order valence-corrected chi connectivity index (χ0v) is 14.5. The number of hydrogen-bond donors (Lipinski definition) is 1.